The molecule has 5 N–H and O–H groups in total. The highest BCUT2D eigenvalue weighted by atomic mass is 32.2. The number of thioether (sulfide) groups is 1. The maximum absolute atomic E-state index is 11.3. The number of hydrogen-bond acceptors (Lipinski definition) is 9. The summed E-state index contributed by atoms with van der Waals surface area (Å²) in [6, 6.07) is -0.668. The van der Waals surface area contributed by atoms with Crippen LogP contribution in [-0.4, -0.2) is 72.5 Å². The molecule has 0 bridgehead atoms. The quantitative estimate of drug-likeness (QED) is 0.486. The highest BCUT2D eigenvalue weighted by Crippen LogP contribution is 2.31. The summed E-state index contributed by atoms with van der Waals surface area (Å²) in [5.74, 6) is 0.113. The number of nitrogen functional groups attached to an aromatic ring is 1. The van der Waals surface area contributed by atoms with Crippen LogP contribution < -0.4 is 11.1 Å². The van der Waals surface area contributed by atoms with E-state index in [4.69, 9.17) is 10.5 Å². The molecule has 2 aromatic heterocycles. The number of rotatable bonds is 8. The van der Waals surface area contributed by atoms with Gasteiger partial charge in [0.15, 0.2) is 11.5 Å². The van der Waals surface area contributed by atoms with E-state index in [0.29, 0.717) is 24.0 Å². The zero-order chi connectivity index (χ0) is 18.7. The summed E-state index contributed by atoms with van der Waals surface area (Å²) >= 11 is 1.59. The van der Waals surface area contributed by atoms with Crippen LogP contribution in [0.5, 0.6) is 0 Å². The Kier molecular flexibility index (Phi) is 5.91. The lowest BCUT2D eigenvalue weighted by atomic mass is 10.1. The second-order valence-electron chi connectivity index (χ2n) is 6.10. The number of carboxylic acids is 1. The Balaban J connectivity index is 1.65. The number of nitrogens with zero attached hydrogens (tertiary/aromatic N) is 4. The average Bonchev–Trinajstić information content (AvgIpc) is 3.19. The van der Waals surface area contributed by atoms with Crippen LogP contribution in [0.3, 0.4) is 0 Å². The van der Waals surface area contributed by atoms with Crippen molar-refractivity contribution in [2.45, 2.75) is 37.3 Å². The summed E-state index contributed by atoms with van der Waals surface area (Å²) in [6.45, 7) is 0.243. The van der Waals surface area contributed by atoms with Crippen LogP contribution in [0.15, 0.2) is 12.7 Å². The molecular formula is C15H22N6O4S. The molecule has 2 aromatic rings. The third-order valence-electron chi connectivity index (χ3n) is 4.38. The Morgan fingerprint density at radius 2 is 2.35 bits per heavy atom. The summed E-state index contributed by atoms with van der Waals surface area (Å²) in [5.41, 5.74) is 6.80. The Morgan fingerprint density at radius 3 is 3.08 bits per heavy atom. The molecule has 0 amide bonds. The summed E-state index contributed by atoms with van der Waals surface area (Å²) in [4.78, 5) is 23.6. The fourth-order valence-electron chi connectivity index (χ4n) is 2.96. The van der Waals surface area contributed by atoms with E-state index in [0.717, 1.165) is 5.75 Å². The molecule has 0 saturated carbocycles. The van der Waals surface area contributed by atoms with Crippen molar-refractivity contribution in [3.05, 3.63) is 12.7 Å². The second kappa shape index (κ2) is 8.16. The van der Waals surface area contributed by atoms with Gasteiger partial charge >= 0.3 is 5.97 Å². The average molecular weight is 382 g/mol. The Hall–Kier alpha value is -1.95. The highest BCUT2D eigenvalue weighted by Gasteiger charge is 2.36. The first-order chi connectivity index (χ1) is 12.5. The monoisotopic (exact) mass is 382 g/mol. The van der Waals surface area contributed by atoms with Crippen molar-refractivity contribution in [3.8, 4) is 0 Å². The summed E-state index contributed by atoms with van der Waals surface area (Å²) in [5, 5.41) is 22.5. The van der Waals surface area contributed by atoms with Crippen LogP contribution in [0, 0.1) is 0 Å². The number of aliphatic carboxylic acids is 1. The number of hydrogen-bond donors (Lipinski definition) is 4. The van der Waals surface area contributed by atoms with Gasteiger partial charge in [-0.25, -0.2) is 15.0 Å². The molecule has 26 heavy (non-hydrogen) atoms. The van der Waals surface area contributed by atoms with Gasteiger partial charge in [-0.2, -0.15) is 11.8 Å². The summed E-state index contributed by atoms with van der Waals surface area (Å²) < 4.78 is 7.62. The van der Waals surface area contributed by atoms with Crippen LogP contribution in [0.2, 0.25) is 0 Å². The Morgan fingerprint density at radius 1 is 1.54 bits per heavy atom. The van der Waals surface area contributed by atoms with Gasteiger partial charge in [0, 0.05) is 13.0 Å². The number of fused-ring (bicyclic) bond motifs is 1. The molecule has 0 spiro atoms. The first-order valence-electron chi connectivity index (χ1n) is 8.23. The van der Waals surface area contributed by atoms with Gasteiger partial charge in [-0.3, -0.25) is 9.36 Å². The molecule has 3 heterocycles. The van der Waals surface area contributed by atoms with Gasteiger partial charge in [-0.15, -0.1) is 0 Å². The first-order valence-corrected chi connectivity index (χ1v) is 9.62. The lowest BCUT2D eigenvalue weighted by Gasteiger charge is -2.19. The lowest BCUT2D eigenvalue weighted by Crippen LogP contribution is -2.43. The molecule has 0 radical (unpaired) electrons. The van der Waals surface area contributed by atoms with Crippen molar-refractivity contribution in [1.29, 1.82) is 0 Å². The SMILES string of the molecule is CSCCC(NC[C@H]1O[C@@H](n2cnc3c(N)ncnc32)C[C@@H]1O)C(=O)O. The molecular weight excluding hydrogens is 360 g/mol. The van der Waals surface area contributed by atoms with Crippen molar-refractivity contribution < 1.29 is 19.7 Å². The molecule has 10 nitrogen and oxygen atoms in total. The number of anilines is 1. The van der Waals surface area contributed by atoms with Crippen LogP contribution >= 0.6 is 11.8 Å². The number of carbonyl (C=O) groups is 1. The molecule has 1 saturated heterocycles. The topological polar surface area (TPSA) is 148 Å². The van der Waals surface area contributed by atoms with E-state index >= 15 is 0 Å². The third-order valence-corrected chi connectivity index (χ3v) is 5.02. The number of nitrogens with one attached hydrogen (secondary N) is 1. The van der Waals surface area contributed by atoms with E-state index in [1.54, 1.807) is 22.7 Å². The number of ether oxygens (including phenoxy) is 1. The van der Waals surface area contributed by atoms with E-state index < -0.39 is 30.4 Å². The van der Waals surface area contributed by atoms with Crippen LogP contribution in [0.1, 0.15) is 19.1 Å². The predicted molar refractivity (Wildman–Crippen MR) is 96.7 cm³/mol. The molecule has 1 unspecified atom stereocenters. The van der Waals surface area contributed by atoms with Gasteiger partial charge in [0.2, 0.25) is 0 Å². The van der Waals surface area contributed by atoms with Crippen LogP contribution in [0.25, 0.3) is 11.2 Å². The molecule has 11 heteroatoms. The predicted octanol–water partition coefficient (Wildman–Crippen LogP) is -0.147. The van der Waals surface area contributed by atoms with Crippen molar-refractivity contribution in [3.63, 3.8) is 0 Å². The number of aromatic nitrogens is 4. The van der Waals surface area contributed by atoms with E-state index in [2.05, 4.69) is 20.3 Å². The fraction of sp³-hybridized carbons (Fsp3) is 0.600. The molecule has 4 atom stereocenters. The maximum Gasteiger partial charge on any atom is 0.320 e. The van der Waals surface area contributed by atoms with Crippen molar-refractivity contribution in [1.82, 2.24) is 24.8 Å². The molecule has 0 aliphatic carbocycles. The van der Waals surface area contributed by atoms with Gasteiger partial charge in [0.05, 0.1) is 18.5 Å². The number of aliphatic hydroxyl groups is 1. The number of aliphatic hydroxyl groups excluding tert-OH is 1. The van der Waals surface area contributed by atoms with Crippen LogP contribution in [0.4, 0.5) is 5.82 Å². The van der Waals surface area contributed by atoms with Gasteiger partial charge in [-0.05, 0) is 18.4 Å². The number of imidazole rings is 1. The molecule has 1 aliphatic heterocycles. The van der Waals surface area contributed by atoms with E-state index in [1.165, 1.54) is 6.33 Å². The minimum atomic E-state index is -0.907. The highest BCUT2D eigenvalue weighted by molar-refractivity contribution is 7.98. The molecule has 1 fully saturated rings. The van der Waals surface area contributed by atoms with E-state index in [9.17, 15) is 15.0 Å². The maximum atomic E-state index is 11.3. The van der Waals surface area contributed by atoms with Crippen molar-refractivity contribution >= 4 is 34.7 Å². The largest absolute Gasteiger partial charge is 0.480 e. The summed E-state index contributed by atoms with van der Waals surface area (Å²) in [7, 11) is 0. The second-order valence-corrected chi connectivity index (χ2v) is 7.08. The minimum Gasteiger partial charge on any atom is -0.480 e. The smallest absolute Gasteiger partial charge is 0.320 e. The molecule has 142 valence electrons. The number of nitrogens with two attached hydrogens (primary N) is 1. The van der Waals surface area contributed by atoms with Gasteiger partial charge in [-0.1, -0.05) is 0 Å². The normalized spacial score (nSPS) is 24.2. The third kappa shape index (κ3) is 3.90. The zero-order valence-corrected chi connectivity index (χ0v) is 15.1. The molecule has 3 rings (SSSR count). The van der Waals surface area contributed by atoms with Crippen molar-refractivity contribution in [2.24, 2.45) is 0 Å². The summed E-state index contributed by atoms with van der Waals surface area (Å²) in [6.07, 6.45) is 4.00. The van der Waals surface area contributed by atoms with Gasteiger partial charge < -0.3 is 26.0 Å². The van der Waals surface area contributed by atoms with Gasteiger partial charge in [0.25, 0.3) is 0 Å². The van der Waals surface area contributed by atoms with Gasteiger partial charge in [0.1, 0.15) is 24.1 Å². The molecule has 0 aromatic carbocycles. The lowest BCUT2D eigenvalue weighted by molar-refractivity contribution is -0.139. The standard InChI is InChI=1S/C15H22N6O4S/c1-26-3-2-8(15(23)24)17-5-10-9(22)4-11(25-10)21-7-20-12-13(16)18-6-19-14(12)21/h6-11,17,22H,2-5H2,1H3,(H,23,24)(H2,16,18,19)/t8?,9-,10+,11+/m0/s1. The number of carboxylic acid groups (broad SMARTS) is 1. The Bertz CT molecular complexity index is 772. The van der Waals surface area contributed by atoms with E-state index in [1.807, 2.05) is 6.26 Å². The van der Waals surface area contributed by atoms with E-state index in [-0.39, 0.29) is 12.4 Å². The first kappa shape index (κ1) is 18.8. The van der Waals surface area contributed by atoms with Crippen LogP contribution in [-0.2, 0) is 9.53 Å². The molecule has 1 aliphatic rings. The minimum absolute atomic E-state index is 0.243. The fourth-order valence-corrected chi connectivity index (χ4v) is 3.43. The Labute approximate surface area is 154 Å². The zero-order valence-electron chi connectivity index (χ0n) is 14.3. The van der Waals surface area contributed by atoms with Crippen molar-refractivity contribution in [2.75, 3.05) is 24.3 Å².